The molecule has 1 aromatic heterocycles. The Morgan fingerprint density at radius 3 is 2.80 bits per heavy atom. The summed E-state index contributed by atoms with van der Waals surface area (Å²) >= 11 is 0. The summed E-state index contributed by atoms with van der Waals surface area (Å²) in [5.41, 5.74) is 2.21. The van der Waals surface area contributed by atoms with Crippen LogP contribution >= 0.6 is 0 Å². The van der Waals surface area contributed by atoms with Crippen molar-refractivity contribution in [3.8, 4) is 0 Å². The number of hydrogen-bond donors (Lipinski definition) is 0. The minimum atomic E-state index is -0.349. The van der Waals surface area contributed by atoms with E-state index in [0.29, 0.717) is 12.0 Å². The molecule has 3 nitrogen and oxygen atoms in total. The van der Waals surface area contributed by atoms with Crippen LogP contribution in [0.2, 0.25) is 0 Å². The summed E-state index contributed by atoms with van der Waals surface area (Å²) in [4.78, 5) is 22.8. The molecular weight excluding hydrogens is 252 g/mol. The fraction of sp³-hybridized carbons (Fsp3) is 0.412. The lowest BCUT2D eigenvalue weighted by molar-refractivity contribution is -0.111. The van der Waals surface area contributed by atoms with Crippen LogP contribution in [0.5, 0.6) is 0 Å². The first kappa shape index (κ1) is 14.5. The van der Waals surface area contributed by atoms with Crippen molar-refractivity contribution in [1.82, 2.24) is 0 Å². The number of rotatable bonds is 6. The smallest absolute Gasteiger partial charge is 0.336 e. The van der Waals surface area contributed by atoms with Crippen LogP contribution in [-0.4, -0.2) is 6.29 Å². The molecule has 1 heterocycles. The van der Waals surface area contributed by atoms with E-state index in [9.17, 15) is 9.59 Å². The molecule has 0 aliphatic rings. The zero-order chi connectivity index (χ0) is 14.5. The second-order valence-corrected chi connectivity index (χ2v) is 5.33. The number of hydrogen-bond acceptors (Lipinski definition) is 3. The highest BCUT2D eigenvalue weighted by molar-refractivity contribution is 5.81. The Balaban J connectivity index is 2.37. The van der Waals surface area contributed by atoms with Gasteiger partial charge in [-0.2, -0.15) is 0 Å². The van der Waals surface area contributed by atoms with Crippen LogP contribution < -0.4 is 5.63 Å². The van der Waals surface area contributed by atoms with Gasteiger partial charge in [-0.05, 0) is 37.0 Å². The van der Waals surface area contributed by atoms with Gasteiger partial charge in [0.2, 0.25) is 0 Å². The summed E-state index contributed by atoms with van der Waals surface area (Å²) in [5.74, 6) is -0.0266. The van der Waals surface area contributed by atoms with Crippen LogP contribution in [0, 0.1) is 12.8 Å². The molecule has 0 aliphatic heterocycles. The van der Waals surface area contributed by atoms with Crippen molar-refractivity contribution in [2.75, 3.05) is 0 Å². The van der Waals surface area contributed by atoms with Crippen molar-refractivity contribution in [2.45, 2.75) is 39.5 Å². The molecule has 106 valence electrons. The van der Waals surface area contributed by atoms with Gasteiger partial charge in [-0.25, -0.2) is 4.79 Å². The molecule has 0 amide bonds. The molecule has 1 aromatic carbocycles. The average Bonchev–Trinajstić information content (AvgIpc) is 2.42. The molecular formula is C17H20O3. The van der Waals surface area contributed by atoms with E-state index in [1.165, 1.54) is 6.07 Å². The number of carbonyl (C=O) groups excluding carboxylic acids is 1. The highest BCUT2D eigenvalue weighted by Gasteiger charge is 2.12. The highest BCUT2D eigenvalue weighted by Crippen LogP contribution is 2.22. The molecule has 0 aliphatic carbocycles. The second-order valence-electron chi connectivity index (χ2n) is 5.33. The quantitative estimate of drug-likeness (QED) is 0.595. The van der Waals surface area contributed by atoms with E-state index in [1.54, 1.807) is 0 Å². The maximum absolute atomic E-state index is 11.6. The Kier molecular flexibility index (Phi) is 4.72. The molecule has 2 aromatic rings. The number of aryl methyl sites for hydroxylation is 1. The van der Waals surface area contributed by atoms with Crippen LogP contribution in [-0.2, 0) is 11.2 Å². The first-order valence-corrected chi connectivity index (χ1v) is 7.12. The normalized spacial score (nSPS) is 12.5. The van der Waals surface area contributed by atoms with E-state index < -0.39 is 0 Å². The minimum absolute atomic E-state index is 0.0266. The Morgan fingerprint density at radius 2 is 2.10 bits per heavy atom. The predicted molar refractivity (Wildman–Crippen MR) is 80.0 cm³/mol. The summed E-state index contributed by atoms with van der Waals surface area (Å²) in [7, 11) is 0. The average molecular weight is 272 g/mol. The lowest BCUT2D eigenvalue weighted by Gasteiger charge is -2.11. The van der Waals surface area contributed by atoms with Crippen LogP contribution in [0.4, 0.5) is 0 Å². The standard InChI is InChI=1S/C17H20O3/c1-3-4-5-13(11-18)9-14-10-17(19)20-16-8-12(2)6-7-15(14)16/h6-8,10-11,13H,3-5,9H2,1-2H3. The summed E-state index contributed by atoms with van der Waals surface area (Å²) < 4.78 is 5.24. The molecule has 0 saturated carbocycles. The topological polar surface area (TPSA) is 47.3 Å². The van der Waals surface area contributed by atoms with Gasteiger partial charge in [0, 0.05) is 17.4 Å². The summed E-state index contributed by atoms with van der Waals surface area (Å²) in [6, 6.07) is 7.33. The molecule has 2 rings (SSSR count). The Hall–Kier alpha value is -1.90. The van der Waals surface area contributed by atoms with Crippen molar-refractivity contribution < 1.29 is 9.21 Å². The van der Waals surface area contributed by atoms with Gasteiger partial charge in [-0.3, -0.25) is 0 Å². The molecule has 20 heavy (non-hydrogen) atoms. The van der Waals surface area contributed by atoms with Crippen molar-refractivity contribution in [3.63, 3.8) is 0 Å². The number of carbonyl (C=O) groups is 1. The molecule has 0 saturated heterocycles. The molecule has 0 fully saturated rings. The van der Waals surface area contributed by atoms with E-state index in [0.717, 1.165) is 42.1 Å². The molecule has 0 spiro atoms. The van der Waals surface area contributed by atoms with Gasteiger partial charge in [0.1, 0.15) is 11.9 Å². The number of aldehydes is 1. The van der Waals surface area contributed by atoms with Gasteiger partial charge < -0.3 is 9.21 Å². The van der Waals surface area contributed by atoms with E-state index >= 15 is 0 Å². The fourth-order valence-electron chi connectivity index (χ4n) is 2.47. The molecule has 0 bridgehead atoms. The third-order valence-corrected chi connectivity index (χ3v) is 3.59. The number of benzene rings is 1. The van der Waals surface area contributed by atoms with Crippen molar-refractivity contribution in [2.24, 2.45) is 5.92 Å². The summed E-state index contributed by atoms with van der Waals surface area (Å²) in [6.07, 6.45) is 4.58. The van der Waals surface area contributed by atoms with Crippen LogP contribution in [0.3, 0.4) is 0 Å². The predicted octanol–water partition coefficient (Wildman–Crippen LogP) is 3.65. The van der Waals surface area contributed by atoms with Gasteiger partial charge in [-0.15, -0.1) is 0 Å². The Labute approximate surface area is 118 Å². The van der Waals surface area contributed by atoms with E-state index in [4.69, 9.17) is 4.42 Å². The summed E-state index contributed by atoms with van der Waals surface area (Å²) in [6.45, 7) is 4.07. The molecule has 0 radical (unpaired) electrons. The molecule has 3 heteroatoms. The summed E-state index contributed by atoms with van der Waals surface area (Å²) in [5, 5.41) is 0.929. The molecule has 1 unspecified atom stereocenters. The lowest BCUT2D eigenvalue weighted by atomic mass is 9.94. The fourth-order valence-corrected chi connectivity index (χ4v) is 2.47. The number of fused-ring (bicyclic) bond motifs is 1. The van der Waals surface area contributed by atoms with Crippen LogP contribution in [0.1, 0.15) is 37.3 Å². The second kappa shape index (κ2) is 6.51. The monoisotopic (exact) mass is 272 g/mol. The maximum Gasteiger partial charge on any atom is 0.336 e. The maximum atomic E-state index is 11.6. The van der Waals surface area contributed by atoms with Crippen molar-refractivity contribution in [1.29, 1.82) is 0 Å². The third kappa shape index (κ3) is 3.35. The van der Waals surface area contributed by atoms with Gasteiger partial charge in [0.15, 0.2) is 0 Å². The largest absolute Gasteiger partial charge is 0.423 e. The molecule has 0 N–H and O–H groups in total. The zero-order valence-electron chi connectivity index (χ0n) is 12.0. The van der Waals surface area contributed by atoms with E-state index in [2.05, 4.69) is 6.92 Å². The van der Waals surface area contributed by atoms with Gasteiger partial charge in [0.25, 0.3) is 0 Å². The van der Waals surface area contributed by atoms with Gasteiger partial charge >= 0.3 is 5.63 Å². The minimum Gasteiger partial charge on any atom is -0.423 e. The SMILES string of the molecule is CCCCC(C=O)Cc1cc(=O)oc2cc(C)ccc12. The van der Waals surface area contributed by atoms with Gasteiger partial charge in [0.05, 0.1) is 0 Å². The van der Waals surface area contributed by atoms with Crippen molar-refractivity contribution >= 4 is 17.3 Å². The Morgan fingerprint density at radius 1 is 1.30 bits per heavy atom. The Bertz CT molecular complexity index is 655. The lowest BCUT2D eigenvalue weighted by Crippen LogP contribution is -2.09. The molecule has 1 atom stereocenters. The highest BCUT2D eigenvalue weighted by atomic mass is 16.4. The van der Waals surface area contributed by atoms with Gasteiger partial charge in [-0.1, -0.05) is 31.9 Å². The van der Waals surface area contributed by atoms with E-state index in [-0.39, 0.29) is 11.5 Å². The number of unbranched alkanes of at least 4 members (excludes halogenated alkanes) is 1. The van der Waals surface area contributed by atoms with Crippen LogP contribution in [0.15, 0.2) is 33.5 Å². The first-order valence-electron chi connectivity index (χ1n) is 7.12. The third-order valence-electron chi connectivity index (χ3n) is 3.59. The first-order chi connectivity index (χ1) is 9.63. The zero-order valence-corrected chi connectivity index (χ0v) is 12.0. The van der Waals surface area contributed by atoms with E-state index in [1.807, 2.05) is 25.1 Å². The van der Waals surface area contributed by atoms with Crippen LogP contribution in [0.25, 0.3) is 11.0 Å². The van der Waals surface area contributed by atoms with Crippen molar-refractivity contribution in [3.05, 3.63) is 45.8 Å².